The van der Waals surface area contributed by atoms with Crippen molar-refractivity contribution in [2.45, 2.75) is 12.8 Å². The molecular formula is C6H8N2. The minimum absolute atomic E-state index is 0.695. The Balaban J connectivity index is 2.77. The molecule has 0 saturated carbocycles. The molecule has 2 heteroatoms. The molecule has 0 spiro atoms. The van der Waals surface area contributed by atoms with E-state index in [0.29, 0.717) is 6.54 Å². The molecule has 0 radical (unpaired) electrons. The van der Waals surface area contributed by atoms with Gasteiger partial charge in [-0.2, -0.15) is 5.26 Å². The van der Waals surface area contributed by atoms with E-state index < -0.39 is 0 Å². The molecule has 0 aliphatic carbocycles. The van der Waals surface area contributed by atoms with Crippen LogP contribution in [0.3, 0.4) is 0 Å². The average molecular weight is 108 g/mol. The lowest BCUT2D eigenvalue weighted by molar-refractivity contribution is 0.782. The normalized spacial score (nSPS) is 6.75. The zero-order valence-corrected chi connectivity index (χ0v) is 4.65. The fraction of sp³-hybridized carbons (Fsp3) is 0.500. The Morgan fingerprint density at radius 2 is 2.38 bits per heavy atom. The molecular weight excluding hydrogens is 100 g/mol. The number of terminal acetylenes is 1. The lowest BCUT2D eigenvalue weighted by Crippen LogP contribution is -2.05. The van der Waals surface area contributed by atoms with Crippen LogP contribution in [-0.4, -0.2) is 6.54 Å². The maximum absolute atomic E-state index is 7.95. The average Bonchev–Trinajstić information content (AvgIpc) is 1.81. The number of hydrogen-bond acceptors (Lipinski definition) is 2. The van der Waals surface area contributed by atoms with Crippen LogP contribution in [0.5, 0.6) is 0 Å². The first-order valence-electron chi connectivity index (χ1n) is 2.47. The molecule has 8 heavy (non-hydrogen) atoms. The number of unbranched alkanes of at least 4 members (excludes halogenated alkanes) is 1. The lowest BCUT2D eigenvalue weighted by atomic mass is 10.3. The van der Waals surface area contributed by atoms with Gasteiger partial charge in [0.25, 0.3) is 0 Å². The van der Waals surface area contributed by atoms with Gasteiger partial charge >= 0.3 is 0 Å². The van der Waals surface area contributed by atoms with Gasteiger partial charge in [-0.1, -0.05) is 0 Å². The summed E-state index contributed by atoms with van der Waals surface area (Å²) in [7, 11) is 0. The smallest absolute Gasteiger partial charge is 0.176 e. The maximum atomic E-state index is 7.95. The first-order chi connectivity index (χ1) is 3.91. The van der Waals surface area contributed by atoms with Gasteiger partial charge in [0.05, 0.1) is 0 Å². The van der Waals surface area contributed by atoms with Crippen molar-refractivity contribution in [1.29, 1.82) is 5.26 Å². The predicted molar refractivity (Wildman–Crippen MR) is 31.7 cm³/mol. The zero-order chi connectivity index (χ0) is 6.24. The van der Waals surface area contributed by atoms with Gasteiger partial charge in [-0.15, -0.1) is 12.3 Å². The second-order valence-electron chi connectivity index (χ2n) is 1.35. The van der Waals surface area contributed by atoms with Crippen LogP contribution in [0.1, 0.15) is 12.8 Å². The summed E-state index contributed by atoms with van der Waals surface area (Å²) in [6, 6.07) is 0. The van der Waals surface area contributed by atoms with E-state index in [4.69, 9.17) is 11.7 Å². The van der Waals surface area contributed by atoms with Crippen LogP contribution in [0.25, 0.3) is 0 Å². The number of hydrogen-bond donors (Lipinski definition) is 1. The van der Waals surface area contributed by atoms with E-state index >= 15 is 0 Å². The standard InChI is InChI=1S/C6H8N2/c1-2-3-4-5-8-6-7/h1,8H,3-5H2. The van der Waals surface area contributed by atoms with Crippen molar-refractivity contribution in [3.8, 4) is 18.5 Å². The summed E-state index contributed by atoms with van der Waals surface area (Å²) in [6.07, 6.45) is 8.38. The molecule has 0 heterocycles. The van der Waals surface area contributed by atoms with Crippen molar-refractivity contribution >= 4 is 0 Å². The minimum Gasteiger partial charge on any atom is -0.324 e. The summed E-state index contributed by atoms with van der Waals surface area (Å²) >= 11 is 0. The number of nitrogens with one attached hydrogen (secondary N) is 1. The van der Waals surface area contributed by atoms with Gasteiger partial charge in [0, 0.05) is 13.0 Å². The molecule has 0 aliphatic heterocycles. The van der Waals surface area contributed by atoms with Crippen LogP contribution in [-0.2, 0) is 0 Å². The Morgan fingerprint density at radius 1 is 1.62 bits per heavy atom. The van der Waals surface area contributed by atoms with Crippen molar-refractivity contribution < 1.29 is 0 Å². The summed E-state index contributed by atoms with van der Waals surface area (Å²) in [5, 5.41) is 10.4. The Labute approximate surface area is 49.5 Å². The lowest BCUT2D eigenvalue weighted by Gasteiger charge is -1.88. The highest BCUT2D eigenvalue weighted by Gasteiger charge is 1.78. The van der Waals surface area contributed by atoms with E-state index in [1.165, 1.54) is 0 Å². The number of rotatable bonds is 3. The SMILES string of the molecule is C#CCCCNC#N. The molecule has 0 atom stereocenters. The Bertz CT molecular complexity index is 99.5. The van der Waals surface area contributed by atoms with E-state index in [1.807, 2.05) is 6.19 Å². The van der Waals surface area contributed by atoms with Gasteiger partial charge in [-0.05, 0) is 6.42 Å². The summed E-state index contributed by atoms with van der Waals surface area (Å²) in [4.78, 5) is 0. The molecule has 0 bridgehead atoms. The Morgan fingerprint density at radius 3 is 2.88 bits per heavy atom. The largest absolute Gasteiger partial charge is 0.324 e. The van der Waals surface area contributed by atoms with Crippen LogP contribution in [0.15, 0.2) is 0 Å². The maximum Gasteiger partial charge on any atom is 0.176 e. The third kappa shape index (κ3) is 4.85. The number of nitrogens with zero attached hydrogens (tertiary/aromatic N) is 1. The minimum atomic E-state index is 0.695. The third-order valence-corrected chi connectivity index (χ3v) is 0.702. The fourth-order valence-corrected chi connectivity index (χ4v) is 0.335. The summed E-state index contributed by atoms with van der Waals surface area (Å²) in [5.74, 6) is 2.48. The Kier molecular flexibility index (Phi) is 5.01. The molecule has 0 aliphatic rings. The highest BCUT2D eigenvalue weighted by Crippen LogP contribution is 1.80. The van der Waals surface area contributed by atoms with Crippen molar-refractivity contribution in [2.24, 2.45) is 0 Å². The zero-order valence-electron chi connectivity index (χ0n) is 4.65. The molecule has 0 aromatic carbocycles. The van der Waals surface area contributed by atoms with E-state index in [2.05, 4.69) is 11.2 Å². The molecule has 0 aromatic rings. The van der Waals surface area contributed by atoms with E-state index in [1.54, 1.807) is 0 Å². The van der Waals surface area contributed by atoms with Gasteiger partial charge in [-0.3, -0.25) is 0 Å². The summed E-state index contributed by atoms with van der Waals surface area (Å²) < 4.78 is 0. The summed E-state index contributed by atoms with van der Waals surface area (Å²) in [5.41, 5.74) is 0. The quantitative estimate of drug-likeness (QED) is 0.247. The first kappa shape index (κ1) is 6.85. The van der Waals surface area contributed by atoms with Gasteiger partial charge in [0.1, 0.15) is 0 Å². The van der Waals surface area contributed by atoms with Gasteiger partial charge in [0.2, 0.25) is 0 Å². The molecule has 0 unspecified atom stereocenters. The van der Waals surface area contributed by atoms with Crippen LogP contribution in [0, 0.1) is 23.8 Å². The topological polar surface area (TPSA) is 35.8 Å². The monoisotopic (exact) mass is 108 g/mol. The van der Waals surface area contributed by atoms with E-state index in [0.717, 1.165) is 12.8 Å². The van der Waals surface area contributed by atoms with Crippen LogP contribution in [0.2, 0.25) is 0 Å². The molecule has 0 amide bonds. The highest BCUT2D eigenvalue weighted by atomic mass is 14.8. The van der Waals surface area contributed by atoms with Crippen molar-refractivity contribution in [2.75, 3.05) is 6.54 Å². The van der Waals surface area contributed by atoms with Crippen molar-refractivity contribution in [3.05, 3.63) is 0 Å². The van der Waals surface area contributed by atoms with E-state index in [-0.39, 0.29) is 0 Å². The molecule has 0 rings (SSSR count). The Hall–Kier alpha value is -1.15. The predicted octanol–water partition coefficient (Wildman–Crippen LogP) is 0.470. The second kappa shape index (κ2) is 5.85. The number of nitriles is 1. The van der Waals surface area contributed by atoms with Gasteiger partial charge in [-0.25, -0.2) is 0 Å². The molecule has 42 valence electrons. The molecule has 2 nitrogen and oxygen atoms in total. The molecule has 0 aromatic heterocycles. The van der Waals surface area contributed by atoms with Gasteiger partial charge < -0.3 is 5.32 Å². The molecule has 0 fully saturated rings. The van der Waals surface area contributed by atoms with E-state index in [9.17, 15) is 0 Å². The van der Waals surface area contributed by atoms with Gasteiger partial charge in [0.15, 0.2) is 6.19 Å². The van der Waals surface area contributed by atoms with Crippen LogP contribution >= 0.6 is 0 Å². The van der Waals surface area contributed by atoms with Crippen molar-refractivity contribution in [3.63, 3.8) is 0 Å². The van der Waals surface area contributed by atoms with Crippen LogP contribution < -0.4 is 5.32 Å². The first-order valence-corrected chi connectivity index (χ1v) is 2.47. The molecule has 0 saturated heterocycles. The fourth-order valence-electron chi connectivity index (χ4n) is 0.335. The summed E-state index contributed by atoms with van der Waals surface area (Å²) in [6.45, 7) is 0.695. The highest BCUT2D eigenvalue weighted by molar-refractivity contribution is 4.83. The second-order valence-corrected chi connectivity index (χ2v) is 1.35. The third-order valence-electron chi connectivity index (χ3n) is 0.702. The van der Waals surface area contributed by atoms with Crippen LogP contribution in [0.4, 0.5) is 0 Å². The van der Waals surface area contributed by atoms with Crippen molar-refractivity contribution in [1.82, 2.24) is 5.32 Å². The molecule has 1 N–H and O–H groups in total.